The summed E-state index contributed by atoms with van der Waals surface area (Å²) in [5.41, 5.74) is 7.91. The van der Waals surface area contributed by atoms with Crippen molar-refractivity contribution in [1.82, 2.24) is 9.88 Å². The van der Waals surface area contributed by atoms with Gasteiger partial charge in [0.05, 0.1) is 5.02 Å². The fourth-order valence-electron chi connectivity index (χ4n) is 4.75. The summed E-state index contributed by atoms with van der Waals surface area (Å²) in [5, 5.41) is 0.542. The molecule has 1 unspecified atom stereocenters. The average molecular weight is 447 g/mol. The quantitative estimate of drug-likeness (QED) is 0.654. The fraction of sp³-hybridized carbons (Fsp3) is 0.240. The van der Waals surface area contributed by atoms with E-state index in [1.807, 2.05) is 49.4 Å². The highest BCUT2D eigenvalue weighted by molar-refractivity contribution is 6.30. The van der Waals surface area contributed by atoms with Gasteiger partial charge in [-0.15, -0.1) is 0 Å². The molecule has 0 fully saturated rings. The van der Waals surface area contributed by atoms with Crippen molar-refractivity contribution in [2.45, 2.75) is 30.9 Å². The molecule has 1 aromatic heterocycles. The lowest BCUT2D eigenvalue weighted by molar-refractivity contribution is -0.133. The van der Waals surface area contributed by atoms with Gasteiger partial charge in [0.25, 0.3) is 5.91 Å². The number of hydrogen-bond acceptors (Lipinski definition) is 5. The van der Waals surface area contributed by atoms with E-state index in [1.54, 1.807) is 19.4 Å². The second-order valence-corrected chi connectivity index (χ2v) is 9.12. The van der Waals surface area contributed by atoms with Gasteiger partial charge in [-0.2, -0.15) is 0 Å². The molecule has 2 aromatic carbocycles. The molecule has 0 radical (unpaired) electrons. The van der Waals surface area contributed by atoms with Crippen LogP contribution in [-0.2, 0) is 16.8 Å². The second-order valence-electron chi connectivity index (χ2n) is 8.69. The number of carbonyl (C=O) groups excluding carboxylic acids is 1. The number of guanidine groups is 1. The van der Waals surface area contributed by atoms with E-state index in [0.717, 1.165) is 16.7 Å². The van der Waals surface area contributed by atoms with Gasteiger partial charge in [0.2, 0.25) is 0 Å². The number of aromatic nitrogens is 1. The van der Waals surface area contributed by atoms with Crippen LogP contribution >= 0.6 is 11.6 Å². The van der Waals surface area contributed by atoms with Crippen LogP contribution in [0.4, 0.5) is 0 Å². The zero-order valence-electron chi connectivity index (χ0n) is 17.9. The van der Waals surface area contributed by atoms with E-state index in [9.17, 15) is 4.79 Å². The maximum absolute atomic E-state index is 13.5. The lowest BCUT2D eigenvalue weighted by atomic mass is 9.74. The second kappa shape index (κ2) is 7.35. The molecule has 0 bridgehead atoms. The maximum atomic E-state index is 13.5. The molecule has 0 aliphatic carbocycles. The minimum atomic E-state index is -1.14. The molecule has 2 atom stereocenters. The molecule has 1 spiro atoms. The Morgan fingerprint density at radius 2 is 1.91 bits per heavy atom. The maximum Gasteiger partial charge on any atom is 0.261 e. The van der Waals surface area contributed by atoms with Gasteiger partial charge in [0.15, 0.2) is 11.5 Å². The predicted molar refractivity (Wildman–Crippen MR) is 125 cm³/mol. The van der Waals surface area contributed by atoms with Crippen LogP contribution in [0.15, 0.2) is 72.0 Å². The van der Waals surface area contributed by atoms with E-state index >= 15 is 0 Å². The van der Waals surface area contributed by atoms with Crippen molar-refractivity contribution >= 4 is 23.5 Å². The summed E-state index contributed by atoms with van der Waals surface area (Å²) < 4.78 is 6.52. The number of ether oxygens (including phenoxy) is 1. The normalized spacial score (nSPS) is 24.3. The number of likely N-dealkylation sites (N-methyl/N-ethyl adjacent to an activating group) is 1. The molecule has 2 aliphatic heterocycles. The van der Waals surface area contributed by atoms with Crippen LogP contribution in [0.1, 0.15) is 24.5 Å². The Balaban J connectivity index is 1.65. The Morgan fingerprint density at radius 1 is 1.12 bits per heavy atom. The number of pyridine rings is 1. The summed E-state index contributed by atoms with van der Waals surface area (Å²) in [6.07, 6.45) is 4.34. The summed E-state index contributed by atoms with van der Waals surface area (Å²) in [7, 11) is 1.66. The smallest absolute Gasteiger partial charge is 0.261 e. The number of nitrogens with two attached hydrogens (primary N) is 1. The van der Waals surface area contributed by atoms with Crippen LogP contribution in [0.2, 0.25) is 5.02 Å². The summed E-state index contributed by atoms with van der Waals surface area (Å²) in [6.45, 7) is 2.02. The van der Waals surface area contributed by atoms with Gasteiger partial charge in [-0.05, 0) is 36.2 Å². The zero-order valence-corrected chi connectivity index (χ0v) is 18.6. The standard InChI is InChI=1S/C25H23ClN4O2/c1-24(12-16-6-4-3-5-7-16)15-25(22(31)30(2)23(27)29-25)20-11-17(8-9-21(20)32-24)18-10-19(26)14-28-13-18/h3-11,13-14H,12,15H2,1-2H3,(H2,27,29)/t24-,25?/m1/s1. The number of halogens is 1. The lowest BCUT2D eigenvalue weighted by Crippen LogP contribution is -2.51. The molecular formula is C25H23ClN4O2. The molecule has 0 saturated carbocycles. The number of nitrogens with zero attached hydrogens (tertiary/aromatic N) is 3. The number of aliphatic imine (C=N–C) groups is 1. The third kappa shape index (κ3) is 3.31. The molecule has 1 amide bonds. The first-order chi connectivity index (χ1) is 15.3. The molecule has 6 nitrogen and oxygen atoms in total. The van der Waals surface area contributed by atoms with E-state index in [1.165, 1.54) is 4.90 Å². The van der Waals surface area contributed by atoms with Gasteiger partial charge < -0.3 is 10.5 Å². The van der Waals surface area contributed by atoms with E-state index < -0.39 is 11.1 Å². The highest BCUT2D eigenvalue weighted by Gasteiger charge is 2.56. The van der Waals surface area contributed by atoms with Crippen LogP contribution < -0.4 is 10.5 Å². The topological polar surface area (TPSA) is 80.8 Å². The molecule has 3 aromatic rings. The van der Waals surface area contributed by atoms with Gasteiger partial charge in [-0.1, -0.05) is 48.0 Å². The van der Waals surface area contributed by atoms with Gasteiger partial charge in [-0.3, -0.25) is 14.7 Å². The van der Waals surface area contributed by atoms with Gasteiger partial charge in [0.1, 0.15) is 11.4 Å². The Morgan fingerprint density at radius 3 is 2.59 bits per heavy atom. The van der Waals surface area contributed by atoms with Crippen LogP contribution in [0.25, 0.3) is 11.1 Å². The monoisotopic (exact) mass is 446 g/mol. The highest BCUT2D eigenvalue weighted by atomic mass is 35.5. The van der Waals surface area contributed by atoms with Crippen molar-refractivity contribution in [2.75, 3.05) is 7.05 Å². The molecule has 5 rings (SSSR count). The van der Waals surface area contributed by atoms with Gasteiger partial charge >= 0.3 is 0 Å². The van der Waals surface area contributed by atoms with Crippen molar-refractivity contribution in [3.05, 3.63) is 83.1 Å². The molecule has 32 heavy (non-hydrogen) atoms. The molecule has 3 heterocycles. The summed E-state index contributed by atoms with van der Waals surface area (Å²) in [5.74, 6) is 0.688. The number of hydrogen-bond donors (Lipinski definition) is 1. The van der Waals surface area contributed by atoms with Crippen molar-refractivity contribution < 1.29 is 9.53 Å². The predicted octanol–water partition coefficient (Wildman–Crippen LogP) is 4.17. The van der Waals surface area contributed by atoms with Crippen LogP contribution in [0, 0.1) is 0 Å². The summed E-state index contributed by atoms with van der Waals surface area (Å²) in [4.78, 5) is 23.9. The van der Waals surface area contributed by atoms with Crippen LogP contribution in [0.3, 0.4) is 0 Å². The first kappa shape index (κ1) is 20.5. The molecule has 0 saturated heterocycles. The highest BCUT2D eigenvalue weighted by Crippen LogP contribution is 2.50. The Bertz CT molecular complexity index is 1250. The van der Waals surface area contributed by atoms with Crippen molar-refractivity contribution in [3.63, 3.8) is 0 Å². The van der Waals surface area contributed by atoms with E-state index in [4.69, 9.17) is 27.1 Å². The van der Waals surface area contributed by atoms with Crippen LogP contribution in [-0.4, -0.2) is 34.4 Å². The molecule has 2 N–H and O–H groups in total. The number of rotatable bonds is 3. The van der Waals surface area contributed by atoms with Gasteiger partial charge in [-0.25, -0.2) is 4.99 Å². The Kier molecular flexibility index (Phi) is 4.71. The van der Waals surface area contributed by atoms with Crippen molar-refractivity contribution in [2.24, 2.45) is 10.7 Å². The van der Waals surface area contributed by atoms with E-state index in [2.05, 4.69) is 17.1 Å². The molecule has 2 aliphatic rings. The average Bonchev–Trinajstić information content (AvgIpc) is 2.97. The van der Waals surface area contributed by atoms with Gasteiger partial charge in [0, 0.05) is 43.4 Å². The SMILES string of the molecule is CN1C(=O)C2(C[C@@](C)(Cc3ccccc3)Oc3ccc(-c4cncc(Cl)c4)cc32)N=C1N. The minimum Gasteiger partial charge on any atom is -0.487 e. The number of benzene rings is 2. The largest absolute Gasteiger partial charge is 0.487 e. The summed E-state index contributed by atoms with van der Waals surface area (Å²) >= 11 is 6.15. The third-order valence-corrected chi connectivity index (χ3v) is 6.38. The molecule has 162 valence electrons. The lowest BCUT2D eigenvalue weighted by Gasteiger charge is -2.43. The molecule has 7 heteroatoms. The van der Waals surface area contributed by atoms with Crippen molar-refractivity contribution in [1.29, 1.82) is 0 Å². The van der Waals surface area contributed by atoms with E-state index in [0.29, 0.717) is 29.2 Å². The third-order valence-electron chi connectivity index (χ3n) is 6.18. The first-order valence-corrected chi connectivity index (χ1v) is 10.8. The summed E-state index contributed by atoms with van der Waals surface area (Å²) in [6, 6.07) is 17.7. The van der Waals surface area contributed by atoms with Crippen LogP contribution in [0.5, 0.6) is 5.75 Å². The Hall–Kier alpha value is -3.38. The Labute approximate surface area is 191 Å². The molecular weight excluding hydrogens is 424 g/mol. The minimum absolute atomic E-state index is 0.153. The number of carbonyl (C=O) groups is 1. The zero-order chi connectivity index (χ0) is 22.5. The van der Waals surface area contributed by atoms with E-state index in [-0.39, 0.29) is 11.9 Å². The number of amides is 1. The fourth-order valence-corrected chi connectivity index (χ4v) is 4.92. The first-order valence-electron chi connectivity index (χ1n) is 10.4. The number of fused-ring (bicyclic) bond motifs is 2. The van der Waals surface area contributed by atoms with Crippen molar-refractivity contribution in [3.8, 4) is 16.9 Å².